The van der Waals surface area contributed by atoms with Gasteiger partial charge in [-0.2, -0.15) is 0 Å². The molecule has 1 aliphatic rings. The van der Waals surface area contributed by atoms with E-state index in [0.717, 1.165) is 24.8 Å². The fourth-order valence-corrected chi connectivity index (χ4v) is 1.88. The molecule has 1 aliphatic carbocycles. The Morgan fingerprint density at radius 2 is 1.86 bits per heavy atom. The van der Waals surface area contributed by atoms with Gasteiger partial charge >= 0.3 is 12.0 Å². The van der Waals surface area contributed by atoms with Crippen molar-refractivity contribution in [2.75, 3.05) is 6.61 Å². The van der Waals surface area contributed by atoms with Gasteiger partial charge in [-0.25, -0.2) is 4.79 Å². The molecule has 0 saturated heterocycles. The van der Waals surface area contributed by atoms with E-state index in [1.165, 1.54) is 0 Å². The molecule has 1 aromatic carbocycles. The minimum absolute atomic E-state index is 0.0790. The van der Waals surface area contributed by atoms with E-state index in [0.29, 0.717) is 6.54 Å². The van der Waals surface area contributed by atoms with Gasteiger partial charge in [-0.15, -0.1) is 0 Å². The maximum absolute atomic E-state index is 11.5. The Hall–Kier alpha value is -2.37. The molecular formula is C15H18N2O4. The predicted octanol–water partition coefficient (Wildman–Crippen LogP) is 1.36. The standard InChI is InChI=1S/C15H18N2O4/c18-13(10-21-14(19)12-7-4-8-12)17-15(20)16-9-11-5-2-1-3-6-11/h1-3,5-6,12H,4,7-10H2,(H2,16,17,18,20). The first-order valence-corrected chi connectivity index (χ1v) is 6.93. The summed E-state index contributed by atoms with van der Waals surface area (Å²) < 4.78 is 4.84. The highest BCUT2D eigenvalue weighted by molar-refractivity contribution is 5.95. The molecule has 0 radical (unpaired) electrons. The molecule has 1 fully saturated rings. The van der Waals surface area contributed by atoms with Crippen LogP contribution < -0.4 is 10.6 Å². The highest BCUT2D eigenvalue weighted by Gasteiger charge is 2.27. The SMILES string of the molecule is O=C(COC(=O)C1CCC1)NC(=O)NCc1ccccc1. The largest absolute Gasteiger partial charge is 0.455 e. The fourth-order valence-electron chi connectivity index (χ4n) is 1.88. The van der Waals surface area contributed by atoms with Crippen LogP contribution in [0.1, 0.15) is 24.8 Å². The molecule has 1 saturated carbocycles. The minimum Gasteiger partial charge on any atom is -0.455 e. The lowest BCUT2D eigenvalue weighted by Gasteiger charge is -2.22. The van der Waals surface area contributed by atoms with Crippen LogP contribution in [0.5, 0.6) is 0 Å². The van der Waals surface area contributed by atoms with Gasteiger partial charge in [0.25, 0.3) is 5.91 Å². The van der Waals surface area contributed by atoms with Crippen molar-refractivity contribution in [2.24, 2.45) is 5.92 Å². The highest BCUT2D eigenvalue weighted by Crippen LogP contribution is 2.27. The number of nitrogens with one attached hydrogen (secondary N) is 2. The van der Waals surface area contributed by atoms with Crippen LogP contribution >= 0.6 is 0 Å². The molecule has 0 aromatic heterocycles. The Morgan fingerprint density at radius 1 is 1.14 bits per heavy atom. The Bertz CT molecular complexity index is 512. The monoisotopic (exact) mass is 290 g/mol. The van der Waals surface area contributed by atoms with E-state index in [1.807, 2.05) is 30.3 Å². The van der Waals surface area contributed by atoms with Gasteiger partial charge in [-0.3, -0.25) is 14.9 Å². The summed E-state index contributed by atoms with van der Waals surface area (Å²) in [4.78, 5) is 34.4. The lowest BCUT2D eigenvalue weighted by atomic mass is 9.86. The van der Waals surface area contributed by atoms with Gasteiger partial charge in [-0.05, 0) is 18.4 Å². The molecule has 1 aromatic rings. The molecule has 0 heterocycles. The van der Waals surface area contributed by atoms with Gasteiger partial charge in [0, 0.05) is 6.54 Å². The van der Waals surface area contributed by atoms with E-state index in [-0.39, 0.29) is 11.9 Å². The van der Waals surface area contributed by atoms with Crippen molar-refractivity contribution in [3.8, 4) is 0 Å². The number of hydrogen-bond donors (Lipinski definition) is 2. The lowest BCUT2D eigenvalue weighted by Crippen LogP contribution is -2.41. The molecule has 0 bridgehead atoms. The van der Waals surface area contributed by atoms with Crippen LogP contribution in [0.15, 0.2) is 30.3 Å². The van der Waals surface area contributed by atoms with Crippen molar-refractivity contribution in [1.29, 1.82) is 0 Å². The smallest absolute Gasteiger partial charge is 0.321 e. The minimum atomic E-state index is -0.631. The lowest BCUT2D eigenvalue weighted by molar-refractivity contribution is -0.154. The molecule has 6 nitrogen and oxygen atoms in total. The maximum atomic E-state index is 11.5. The number of carbonyl (C=O) groups excluding carboxylic acids is 3. The zero-order chi connectivity index (χ0) is 15.1. The van der Waals surface area contributed by atoms with Crippen LogP contribution in [0.3, 0.4) is 0 Å². The first-order chi connectivity index (χ1) is 10.1. The number of urea groups is 1. The van der Waals surface area contributed by atoms with Crippen LogP contribution in [-0.4, -0.2) is 24.5 Å². The summed E-state index contributed by atoms with van der Waals surface area (Å²) in [5, 5.41) is 4.67. The topological polar surface area (TPSA) is 84.5 Å². The molecule has 0 aliphatic heterocycles. The van der Waals surface area contributed by atoms with Crippen molar-refractivity contribution in [2.45, 2.75) is 25.8 Å². The number of carbonyl (C=O) groups is 3. The summed E-state index contributed by atoms with van der Waals surface area (Å²) in [6.45, 7) is -0.101. The van der Waals surface area contributed by atoms with Crippen LogP contribution in [0.25, 0.3) is 0 Å². The number of ether oxygens (including phenoxy) is 1. The zero-order valence-electron chi connectivity index (χ0n) is 11.6. The van der Waals surface area contributed by atoms with Crippen molar-refractivity contribution in [3.05, 3.63) is 35.9 Å². The highest BCUT2D eigenvalue weighted by atomic mass is 16.5. The summed E-state index contributed by atoms with van der Waals surface area (Å²) >= 11 is 0. The normalized spacial score (nSPS) is 13.9. The van der Waals surface area contributed by atoms with Gasteiger partial charge in [0.2, 0.25) is 0 Å². The molecule has 21 heavy (non-hydrogen) atoms. The van der Waals surface area contributed by atoms with Crippen LogP contribution in [0.2, 0.25) is 0 Å². The van der Waals surface area contributed by atoms with Gasteiger partial charge in [-0.1, -0.05) is 36.8 Å². The Kier molecular flexibility index (Phi) is 5.31. The third-order valence-corrected chi connectivity index (χ3v) is 3.33. The van der Waals surface area contributed by atoms with Crippen molar-refractivity contribution >= 4 is 17.9 Å². The number of esters is 1. The summed E-state index contributed by atoms with van der Waals surface area (Å²) in [5.41, 5.74) is 0.927. The van der Waals surface area contributed by atoms with Crippen molar-refractivity contribution in [1.82, 2.24) is 10.6 Å². The quantitative estimate of drug-likeness (QED) is 0.802. The summed E-state index contributed by atoms with van der Waals surface area (Å²) in [6, 6.07) is 8.72. The van der Waals surface area contributed by atoms with Gasteiger partial charge in [0.1, 0.15) is 0 Å². The van der Waals surface area contributed by atoms with Crippen LogP contribution in [0, 0.1) is 5.92 Å². The van der Waals surface area contributed by atoms with Crippen LogP contribution in [0.4, 0.5) is 4.79 Å². The van der Waals surface area contributed by atoms with E-state index >= 15 is 0 Å². The first kappa shape index (κ1) is 15.0. The Morgan fingerprint density at radius 3 is 2.48 bits per heavy atom. The number of amides is 3. The molecule has 0 unspecified atom stereocenters. The Balaban J connectivity index is 1.62. The summed E-state index contributed by atoms with van der Waals surface area (Å²) in [7, 11) is 0. The van der Waals surface area contributed by atoms with E-state index < -0.39 is 18.5 Å². The average molecular weight is 290 g/mol. The molecule has 0 atom stereocenters. The number of benzene rings is 1. The predicted molar refractivity (Wildman–Crippen MR) is 75.1 cm³/mol. The second kappa shape index (κ2) is 7.42. The molecular weight excluding hydrogens is 272 g/mol. The number of hydrogen-bond acceptors (Lipinski definition) is 4. The zero-order valence-corrected chi connectivity index (χ0v) is 11.6. The van der Waals surface area contributed by atoms with Crippen LogP contribution in [-0.2, 0) is 20.9 Å². The molecule has 2 N–H and O–H groups in total. The molecule has 112 valence electrons. The number of rotatable bonds is 5. The van der Waals surface area contributed by atoms with E-state index in [1.54, 1.807) is 0 Å². The first-order valence-electron chi connectivity index (χ1n) is 6.93. The van der Waals surface area contributed by atoms with Crippen molar-refractivity contribution < 1.29 is 19.1 Å². The third-order valence-electron chi connectivity index (χ3n) is 3.33. The van der Waals surface area contributed by atoms with E-state index in [4.69, 9.17) is 4.74 Å². The van der Waals surface area contributed by atoms with E-state index in [9.17, 15) is 14.4 Å². The second-order valence-corrected chi connectivity index (χ2v) is 4.95. The molecule has 3 amide bonds. The third kappa shape index (κ3) is 4.91. The number of imide groups is 1. The van der Waals surface area contributed by atoms with E-state index in [2.05, 4.69) is 10.6 Å². The van der Waals surface area contributed by atoms with Gasteiger partial charge in [0.15, 0.2) is 6.61 Å². The molecule has 6 heteroatoms. The second-order valence-electron chi connectivity index (χ2n) is 4.95. The average Bonchev–Trinajstić information content (AvgIpc) is 2.42. The summed E-state index contributed by atoms with van der Waals surface area (Å²) in [6.07, 6.45) is 2.66. The summed E-state index contributed by atoms with van der Waals surface area (Å²) in [5.74, 6) is -1.07. The molecule has 2 rings (SSSR count). The molecule has 0 spiro atoms. The van der Waals surface area contributed by atoms with Gasteiger partial charge < -0.3 is 10.1 Å². The maximum Gasteiger partial charge on any atom is 0.321 e. The Labute approximate surface area is 122 Å². The van der Waals surface area contributed by atoms with Crippen molar-refractivity contribution in [3.63, 3.8) is 0 Å². The fraction of sp³-hybridized carbons (Fsp3) is 0.400. The van der Waals surface area contributed by atoms with Gasteiger partial charge in [0.05, 0.1) is 5.92 Å².